The number of carbonyl (C=O) groups is 3. The SMILES string of the molecule is CC/C=C\C/C=C\C/C=C\C/C=C\CCCCCCCCCCCCCCCCCCC(=O)OCC(COC(=O)CCCCCCCCCCCCC)OC(=O)CCCCCCC/C=C\CCCC. The molecule has 0 aliphatic heterocycles. The van der Waals surface area contributed by atoms with Gasteiger partial charge in [0.25, 0.3) is 0 Å². The Kier molecular flexibility index (Phi) is 55.3. The lowest BCUT2D eigenvalue weighted by molar-refractivity contribution is -0.167. The smallest absolute Gasteiger partial charge is 0.306 e. The van der Waals surface area contributed by atoms with Gasteiger partial charge in [0, 0.05) is 19.3 Å². The van der Waals surface area contributed by atoms with Gasteiger partial charge in [-0.25, -0.2) is 0 Å². The van der Waals surface area contributed by atoms with Crippen LogP contribution in [-0.2, 0) is 28.6 Å². The van der Waals surface area contributed by atoms with E-state index in [1.165, 1.54) is 167 Å². The highest BCUT2D eigenvalue weighted by Gasteiger charge is 2.19. The van der Waals surface area contributed by atoms with Crippen LogP contribution in [-0.4, -0.2) is 37.2 Å². The minimum atomic E-state index is -0.773. The molecule has 1 atom stereocenters. The number of unbranched alkanes of at least 4 members (excludes halogenated alkanes) is 33. The molecule has 1 unspecified atom stereocenters. The van der Waals surface area contributed by atoms with Crippen molar-refractivity contribution in [2.24, 2.45) is 0 Å². The van der Waals surface area contributed by atoms with E-state index in [0.29, 0.717) is 19.3 Å². The first-order chi connectivity index (χ1) is 34.0. The highest BCUT2D eigenvalue weighted by molar-refractivity contribution is 5.71. The maximum absolute atomic E-state index is 12.8. The monoisotopic (exact) mass is 965 g/mol. The van der Waals surface area contributed by atoms with Gasteiger partial charge in [0.05, 0.1) is 0 Å². The molecule has 6 nitrogen and oxygen atoms in total. The third-order valence-corrected chi connectivity index (χ3v) is 13.0. The van der Waals surface area contributed by atoms with Crippen molar-refractivity contribution in [3.05, 3.63) is 60.8 Å². The van der Waals surface area contributed by atoms with E-state index in [0.717, 1.165) is 96.3 Å². The molecule has 0 aliphatic carbocycles. The predicted molar refractivity (Wildman–Crippen MR) is 298 cm³/mol. The van der Waals surface area contributed by atoms with Crippen molar-refractivity contribution in [3.63, 3.8) is 0 Å². The van der Waals surface area contributed by atoms with Crippen LogP contribution in [0.1, 0.15) is 303 Å². The summed E-state index contributed by atoms with van der Waals surface area (Å²) in [5.41, 5.74) is 0. The largest absolute Gasteiger partial charge is 0.462 e. The van der Waals surface area contributed by atoms with E-state index in [1.807, 2.05) is 0 Å². The first-order valence-electron chi connectivity index (χ1n) is 29.8. The predicted octanol–water partition coefficient (Wildman–Crippen LogP) is 20.0. The summed E-state index contributed by atoms with van der Waals surface area (Å²) in [5.74, 6) is -0.872. The first kappa shape index (κ1) is 66.1. The van der Waals surface area contributed by atoms with Crippen LogP contribution in [0.3, 0.4) is 0 Å². The second kappa shape index (κ2) is 57.7. The van der Waals surface area contributed by atoms with Gasteiger partial charge in [-0.1, -0.05) is 268 Å². The second-order valence-corrected chi connectivity index (χ2v) is 19.9. The van der Waals surface area contributed by atoms with Crippen LogP contribution < -0.4 is 0 Å². The van der Waals surface area contributed by atoms with E-state index in [2.05, 4.69) is 81.5 Å². The van der Waals surface area contributed by atoms with Gasteiger partial charge < -0.3 is 14.2 Å². The fraction of sp³-hybridized carbons (Fsp3) is 0.794. The van der Waals surface area contributed by atoms with E-state index < -0.39 is 6.10 Å². The molecular formula is C63H112O6. The Morgan fingerprint density at radius 2 is 0.580 bits per heavy atom. The van der Waals surface area contributed by atoms with E-state index in [1.54, 1.807) is 0 Å². The van der Waals surface area contributed by atoms with E-state index in [-0.39, 0.29) is 31.1 Å². The molecule has 0 saturated heterocycles. The zero-order chi connectivity index (χ0) is 50.0. The van der Waals surface area contributed by atoms with Gasteiger partial charge in [-0.15, -0.1) is 0 Å². The van der Waals surface area contributed by atoms with Crippen LogP contribution in [0.25, 0.3) is 0 Å². The molecule has 0 heterocycles. The number of allylic oxidation sites excluding steroid dienone is 10. The molecule has 0 saturated carbocycles. The van der Waals surface area contributed by atoms with E-state index in [9.17, 15) is 14.4 Å². The summed E-state index contributed by atoms with van der Waals surface area (Å²) in [7, 11) is 0. The van der Waals surface area contributed by atoms with Crippen molar-refractivity contribution >= 4 is 17.9 Å². The highest BCUT2D eigenvalue weighted by Crippen LogP contribution is 2.17. The maximum atomic E-state index is 12.8. The standard InChI is InChI=1S/C63H112O6/c1-4-7-10-13-16-19-22-23-24-25-26-27-28-29-30-31-32-33-34-35-36-37-38-39-42-44-47-50-53-56-62(65)68-59-60(69-63(66)57-54-51-48-45-41-21-18-15-12-9-6-3)58-67-61(64)55-52-49-46-43-40-20-17-14-11-8-5-2/h7,10,15-16,18-19,23-24,26-27,60H,4-6,8-9,11-14,17,20-22,25,28-59H2,1-3H3/b10-7-,18-15-,19-16-,24-23-,27-26-. The van der Waals surface area contributed by atoms with Crippen molar-refractivity contribution in [1.29, 1.82) is 0 Å². The third-order valence-electron chi connectivity index (χ3n) is 13.0. The summed E-state index contributed by atoms with van der Waals surface area (Å²) in [6, 6.07) is 0. The topological polar surface area (TPSA) is 78.9 Å². The summed E-state index contributed by atoms with van der Waals surface area (Å²) in [5, 5.41) is 0. The summed E-state index contributed by atoms with van der Waals surface area (Å²) in [6.07, 6.45) is 72.4. The summed E-state index contributed by atoms with van der Waals surface area (Å²) in [4.78, 5) is 38.0. The zero-order valence-electron chi connectivity index (χ0n) is 45.8. The summed E-state index contributed by atoms with van der Waals surface area (Å²) < 4.78 is 16.8. The molecule has 0 spiro atoms. The van der Waals surface area contributed by atoms with Gasteiger partial charge in [-0.3, -0.25) is 14.4 Å². The average molecular weight is 966 g/mol. The number of carbonyl (C=O) groups excluding carboxylic acids is 3. The molecule has 0 aromatic heterocycles. The molecule has 400 valence electrons. The van der Waals surface area contributed by atoms with E-state index >= 15 is 0 Å². The van der Waals surface area contributed by atoms with Crippen molar-refractivity contribution in [1.82, 2.24) is 0 Å². The minimum absolute atomic E-state index is 0.0731. The average Bonchev–Trinajstić information content (AvgIpc) is 3.35. The summed E-state index contributed by atoms with van der Waals surface area (Å²) in [6.45, 7) is 6.50. The summed E-state index contributed by atoms with van der Waals surface area (Å²) >= 11 is 0. The van der Waals surface area contributed by atoms with Crippen molar-refractivity contribution in [2.75, 3.05) is 13.2 Å². The van der Waals surface area contributed by atoms with Gasteiger partial charge in [0.1, 0.15) is 13.2 Å². The van der Waals surface area contributed by atoms with Gasteiger partial charge >= 0.3 is 17.9 Å². The van der Waals surface area contributed by atoms with Gasteiger partial charge in [0.2, 0.25) is 0 Å². The van der Waals surface area contributed by atoms with Gasteiger partial charge in [-0.2, -0.15) is 0 Å². The highest BCUT2D eigenvalue weighted by atomic mass is 16.6. The zero-order valence-corrected chi connectivity index (χ0v) is 45.8. The first-order valence-corrected chi connectivity index (χ1v) is 29.8. The van der Waals surface area contributed by atoms with E-state index in [4.69, 9.17) is 14.2 Å². The van der Waals surface area contributed by atoms with Crippen molar-refractivity contribution in [2.45, 2.75) is 309 Å². The molecule has 0 aromatic rings. The van der Waals surface area contributed by atoms with Crippen LogP contribution in [0.2, 0.25) is 0 Å². The Morgan fingerprint density at radius 3 is 0.942 bits per heavy atom. The number of rotatable bonds is 54. The molecule has 69 heavy (non-hydrogen) atoms. The third kappa shape index (κ3) is 55.9. The number of hydrogen-bond donors (Lipinski definition) is 0. The van der Waals surface area contributed by atoms with Crippen LogP contribution in [0, 0.1) is 0 Å². The number of ether oxygens (including phenoxy) is 3. The van der Waals surface area contributed by atoms with Gasteiger partial charge in [-0.05, 0) is 77.0 Å². The lowest BCUT2D eigenvalue weighted by atomic mass is 10.0. The minimum Gasteiger partial charge on any atom is -0.462 e. The number of esters is 3. The quantitative estimate of drug-likeness (QED) is 0.0262. The maximum Gasteiger partial charge on any atom is 0.306 e. The Bertz CT molecular complexity index is 1250. The van der Waals surface area contributed by atoms with Crippen LogP contribution in [0.4, 0.5) is 0 Å². The molecule has 0 fully saturated rings. The van der Waals surface area contributed by atoms with Crippen molar-refractivity contribution in [3.8, 4) is 0 Å². The number of hydrogen-bond acceptors (Lipinski definition) is 6. The Labute approximate surface area is 428 Å². The molecular weight excluding hydrogens is 853 g/mol. The van der Waals surface area contributed by atoms with Crippen LogP contribution in [0.15, 0.2) is 60.8 Å². The molecule has 0 aliphatic rings. The fourth-order valence-electron chi connectivity index (χ4n) is 8.53. The molecule has 0 radical (unpaired) electrons. The Balaban J connectivity index is 4.09. The Hall–Kier alpha value is -2.89. The van der Waals surface area contributed by atoms with Crippen LogP contribution in [0.5, 0.6) is 0 Å². The molecule has 0 rings (SSSR count). The molecule has 0 bridgehead atoms. The Morgan fingerprint density at radius 1 is 0.304 bits per heavy atom. The lowest BCUT2D eigenvalue weighted by Crippen LogP contribution is -2.30. The molecule has 6 heteroatoms. The normalized spacial score (nSPS) is 12.4. The van der Waals surface area contributed by atoms with Crippen LogP contribution >= 0.6 is 0 Å². The van der Waals surface area contributed by atoms with Gasteiger partial charge in [0.15, 0.2) is 6.10 Å². The molecule has 0 N–H and O–H groups in total. The molecule has 0 amide bonds. The second-order valence-electron chi connectivity index (χ2n) is 19.9. The lowest BCUT2D eigenvalue weighted by Gasteiger charge is -2.18. The molecule has 0 aromatic carbocycles. The van der Waals surface area contributed by atoms with Crippen molar-refractivity contribution < 1.29 is 28.6 Å². The fourth-order valence-corrected chi connectivity index (χ4v) is 8.53.